The fourth-order valence-corrected chi connectivity index (χ4v) is 2.71. The lowest BCUT2D eigenvalue weighted by molar-refractivity contribution is 0.0926. The number of hydrogen-bond acceptors (Lipinski definition) is 6. The van der Waals surface area contributed by atoms with Gasteiger partial charge in [-0.15, -0.1) is 10.2 Å². The molecule has 0 unspecified atom stereocenters. The van der Waals surface area contributed by atoms with E-state index < -0.39 is 11.8 Å². The Balaban J connectivity index is 1.90. The molecule has 0 aliphatic carbocycles. The highest BCUT2D eigenvalue weighted by atomic mass is 35.5. The molecular formula is C15H9ClN6O2. The molecule has 118 valence electrons. The number of benzene rings is 1. The molecule has 2 amide bonds. The van der Waals surface area contributed by atoms with Gasteiger partial charge in [0.05, 0.1) is 23.9 Å². The highest BCUT2D eigenvalue weighted by molar-refractivity contribution is 6.35. The van der Waals surface area contributed by atoms with E-state index >= 15 is 0 Å². The van der Waals surface area contributed by atoms with E-state index in [-0.39, 0.29) is 22.4 Å². The Bertz CT molecular complexity index is 964. The van der Waals surface area contributed by atoms with Crippen LogP contribution in [0, 0.1) is 0 Å². The van der Waals surface area contributed by atoms with Gasteiger partial charge in [-0.05, 0) is 29.5 Å². The minimum atomic E-state index is -0.426. The molecule has 0 bridgehead atoms. The average molecular weight is 341 g/mol. The summed E-state index contributed by atoms with van der Waals surface area (Å²) in [5, 5.41) is 11.9. The van der Waals surface area contributed by atoms with Gasteiger partial charge in [0, 0.05) is 0 Å². The van der Waals surface area contributed by atoms with Crippen molar-refractivity contribution in [2.75, 3.05) is 4.90 Å². The summed E-state index contributed by atoms with van der Waals surface area (Å²) in [6, 6.07) is 9.68. The second kappa shape index (κ2) is 5.20. The van der Waals surface area contributed by atoms with E-state index in [4.69, 9.17) is 11.6 Å². The quantitative estimate of drug-likeness (QED) is 0.521. The predicted molar refractivity (Wildman–Crippen MR) is 84.6 cm³/mol. The lowest BCUT2D eigenvalue weighted by Gasteiger charge is -2.16. The summed E-state index contributed by atoms with van der Waals surface area (Å²) in [4.78, 5) is 31.8. The van der Waals surface area contributed by atoms with Crippen molar-refractivity contribution < 1.29 is 9.59 Å². The van der Waals surface area contributed by atoms with E-state index in [1.807, 2.05) is 0 Å². The molecule has 0 N–H and O–H groups in total. The molecule has 4 rings (SSSR count). The SMILES string of the molecule is Cn1nnc(-c2nc(Cl)ccc2N2C(=O)c3ccccc3C2=O)n1. The number of carbonyl (C=O) groups is 2. The lowest BCUT2D eigenvalue weighted by atomic mass is 10.1. The van der Waals surface area contributed by atoms with E-state index in [2.05, 4.69) is 20.4 Å². The zero-order chi connectivity index (χ0) is 16.8. The highest BCUT2D eigenvalue weighted by Gasteiger charge is 2.38. The van der Waals surface area contributed by atoms with Crippen molar-refractivity contribution in [1.29, 1.82) is 0 Å². The number of fused-ring (bicyclic) bond motifs is 1. The van der Waals surface area contributed by atoms with Gasteiger partial charge in [0.2, 0.25) is 5.82 Å². The molecule has 9 heteroatoms. The van der Waals surface area contributed by atoms with Crippen LogP contribution in [-0.4, -0.2) is 37.0 Å². The molecule has 0 fully saturated rings. The number of pyridine rings is 1. The normalized spacial score (nSPS) is 13.5. The number of imide groups is 1. The zero-order valence-electron chi connectivity index (χ0n) is 12.3. The number of hydrogen-bond donors (Lipinski definition) is 0. The summed E-state index contributed by atoms with van der Waals surface area (Å²) in [5.74, 6) is -0.679. The van der Waals surface area contributed by atoms with Gasteiger partial charge in [0.25, 0.3) is 11.8 Å². The Kier molecular flexibility index (Phi) is 3.14. The summed E-state index contributed by atoms with van der Waals surface area (Å²) < 4.78 is 0. The molecule has 0 saturated carbocycles. The monoisotopic (exact) mass is 340 g/mol. The molecule has 1 aromatic carbocycles. The number of halogens is 1. The number of tetrazole rings is 1. The summed E-state index contributed by atoms with van der Waals surface area (Å²) in [5.41, 5.74) is 1.16. The van der Waals surface area contributed by atoms with Crippen molar-refractivity contribution in [1.82, 2.24) is 25.2 Å². The van der Waals surface area contributed by atoms with Crippen LogP contribution >= 0.6 is 11.6 Å². The van der Waals surface area contributed by atoms with E-state index in [1.54, 1.807) is 37.4 Å². The van der Waals surface area contributed by atoms with Crippen LogP contribution in [0.25, 0.3) is 11.5 Å². The Morgan fingerprint density at radius 1 is 1.00 bits per heavy atom. The highest BCUT2D eigenvalue weighted by Crippen LogP contribution is 2.34. The van der Waals surface area contributed by atoms with Crippen LogP contribution in [0.2, 0.25) is 5.15 Å². The first-order chi connectivity index (χ1) is 11.6. The fourth-order valence-electron chi connectivity index (χ4n) is 2.56. The van der Waals surface area contributed by atoms with Gasteiger partial charge >= 0.3 is 0 Å². The van der Waals surface area contributed by atoms with Crippen LogP contribution < -0.4 is 4.90 Å². The Morgan fingerprint density at radius 2 is 1.67 bits per heavy atom. The predicted octanol–water partition coefficient (Wildman–Crippen LogP) is 1.73. The number of carbonyl (C=O) groups excluding carboxylic acids is 2. The van der Waals surface area contributed by atoms with E-state index in [9.17, 15) is 9.59 Å². The molecule has 0 spiro atoms. The summed E-state index contributed by atoms with van der Waals surface area (Å²) in [6.45, 7) is 0. The molecule has 0 atom stereocenters. The maximum atomic E-state index is 12.7. The van der Waals surface area contributed by atoms with Crippen LogP contribution in [0.5, 0.6) is 0 Å². The van der Waals surface area contributed by atoms with Crippen molar-refractivity contribution in [3.05, 3.63) is 52.7 Å². The molecule has 3 aromatic rings. The summed E-state index contributed by atoms with van der Waals surface area (Å²) >= 11 is 5.96. The Labute approximate surface area is 140 Å². The van der Waals surface area contributed by atoms with Crippen molar-refractivity contribution >= 4 is 29.1 Å². The van der Waals surface area contributed by atoms with Gasteiger partial charge in [-0.2, -0.15) is 4.80 Å². The van der Waals surface area contributed by atoms with Crippen LogP contribution in [-0.2, 0) is 7.05 Å². The van der Waals surface area contributed by atoms with E-state index in [1.165, 1.54) is 10.9 Å². The minimum absolute atomic E-state index is 0.173. The van der Waals surface area contributed by atoms with Crippen LogP contribution in [0.1, 0.15) is 20.7 Å². The molecular weight excluding hydrogens is 332 g/mol. The topological polar surface area (TPSA) is 93.9 Å². The third-order valence-corrected chi connectivity index (χ3v) is 3.81. The van der Waals surface area contributed by atoms with Crippen LogP contribution in [0.15, 0.2) is 36.4 Å². The van der Waals surface area contributed by atoms with Crippen molar-refractivity contribution in [3.8, 4) is 11.5 Å². The largest absolute Gasteiger partial charge is 0.268 e. The molecule has 2 aromatic heterocycles. The molecule has 1 aliphatic heterocycles. The average Bonchev–Trinajstić information content (AvgIpc) is 3.11. The third-order valence-electron chi connectivity index (χ3n) is 3.60. The smallest absolute Gasteiger partial charge is 0.266 e. The standard InChI is InChI=1S/C15H9ClN6O2/c1-21-19-13(18-20-21)12-10(6-7-11(16)17-12)22-14(23)8-4-2-3-5-9(8)15(22)24/h2-7H,1H3. The van der Waals surface area contributed by atoms with Gasteiger partial charge in [0.1, 0.15) is 10.8 Å². The molecule has 24 heavy (non-hydrogen) atoms. The number of nitrogens with zero attached hydrogens (tertiary/aromatic N) is 6. The number of aryl methyl sites for hydroxylation is 1. The molecule has 0 saturated heterocycles. The number of anilines is 1. The summed E-state index contributed by atoms with van der Waals surface area (Å²) in [6.07, 6.45) is 0. The van der Waals surface area contributed by atoms with Crippen molar-refractivity contribution in [3.63, 3.8) is 0 Å². The second-order valence-electron chi connectivity index (χ2n) is 5.10. The Morgan fingerprint density at radius 3 is 2.25 bits per heavy atom. The minimum Gasteiger partial charge on any atom is -0.268 e. The number of amides is 2. The zero-order valence-corrected chi connectivity index (χ0v) is 13.1. The molecule has 3 heterocycles. The number of rotatable bonds is 2. The number of aromatic nitrogens is 5. The van der Waals surface area contributed by atoms with Crippen LogP contribution in [0.3, 0.4) is 0 Å². The van der Waals surface area contributed by atoms with Crippen LogP contribution in [0.4, 0.5) is 5.69 Å². The lowest BCUT2D eigenvalue weighted by Crippen LogP contribution is -2.30. The maximum Gasteiger partial charge on any atom is 0.266 e. The van der Waals surface area contributed by atoms with Gasteiger partial charge < -0.3 is 0 Å². The first-order valence-corrected chi connectivity index (χ1v) is 7.33. The Hall–Kier alpha value is -3.13. The maximum absolute atomic E-state index is 12.7. The second-order valence-corrected chi connectivity index (χ2v) is 5.48. The fraction of sp³-hybridized carbons (Fsp3) is 0.0667. The van der Waals surface area contributed by atoms with Crippen molar-refractivity contribution in [2.24, 2.45) is 7.05 Å². The van der Waals surface area contributed by atoms with E-state index in [0.29, 0.717) is 11.1 Å². The van der Waals surface area contributed by atoms with Gasteiger partial charge in [-0.1, -0.05) is 23.7 Å². The first-order valence-electron chi connectivity index (χ1n) is 6.95. The molecule has 8 nitrogen and oxygen atoms in total. The van der Waals surface area contributed by atoms with Crippen molar-refractivity contribution in [2.45, 2.75) is 0 Å². The van der Waals surface area contributed by atoms with Gasteiger partial charge in [-0.3, -0.25) is 9.59 Å². The molecule has 1 aliphatic rings. The van der Waals surface area contributed by atoms with Gasteiger partial charge in [0.15, 0.2) is 0 Å². The van der Waals surface area contributed by atoms with E-state index in [0.717, 1.165) is 4.90 Å². The van der Waals surface area contributed by atoms with Gasteiger partial charge in [-0.25, -0.2) is 9.88 Å². The first kappa shape index (κ1) is 14.5. The third kappa shape index (κ3) is 2.08. The summed E-state index contributed by atoms with van der Waals surface area (Å²) in [7, 11) is 1.60. The molecule has 0 radical (unpaired) electrons.